The molecule has 1 N–H and O–H groups in total. The summed E-state index contributed by atoms with van der Waals surface area (Å²) in [7, 11) is 0. The second-order valence-corrected chi connectivity index (χ2v) is 2.65. The van der Waals surface area contributed by atoms with Crippen molar-refractivity contribution < 1.29 is 9.57 Å². The number of hydroxylamine groups is 1. The first-order chi connectivity index (χ1) is 5.91. The third-order valence-corrected chi connectivity index (χ3v) is 1.52. The molecule has 0 saturated heterocycles. The molecule has 0 bridgehead atoms. The zero-order chi connectivity index (χ0) is 9.07. The molecule has 3 nitrogen and oxygen atoms in total. The van der Waals surface area contributed by atoms with Crippen molar-refractivity contribution in [3.8, 4) is 0 Å². The van der Waals surface area contributed by atoms with Gasteiger partial charge in [-0.05, 0) is 13.3 Å². The molecule has 0 rings (SSSR count). The lowest BCUT2D eigenvalue weighted by atomic mass is 10.3. The molecule has 0 atom stereocenters. The third kappa shape index (κ3) is 9.88. The Morgan fingerprint density at radius 3 is 2.58 bits per heavy atom. The first-order valence-electron chi connectivity index (χ1n) is 4.84. The van der Waals surface area contributed by atoms with Crippen LogP contribution in [0.1, 0.15) is 33.1 Å². The van der Waals surface area contributed by atoms with E-state index in [1.165, 1.54) is 19.3 Å². The highest BCUT2D eigenvalue weighted by molar-refractivity contribution is 4.38. The van der Waals surface area contributed by atoms with Gasteiger partial charge in [-0.15, -0.1) is 0 Å². The van der Waals surface area contributed by atoms with Gasteiger partial charge in [-0.3, -0.25) is 4.84 Å². The van der Waals surface area contributed by atoms with E-state index in [0.717, 1.165) is 13.2 Å². The average molecular weight is 175 g/mol. The Kier molecular flexibility index (Phi) is 10.8. The largest absolute Gasteiger partial charge is 0.379 e. The predicted molar refractivity (Wildman–Crippen MR) is 50.0 cm³/mol. The van der Waals surface area contributed by atoms with Crippen LogP contribution in [-0.4, -0.2) is 26.4 Å². The van der Waals surface area contributed by atoms with Crippen LogP contribution in [0.2, 0.25) is 0 Å². The molecule has 0 radical (unpaired) electrons. The number of rotatable bonds is 9. The Morgan fingerprint density at radius 1 is 1.08 bits per heavy atom. The molecule has 0 heterocycles. The van der Waals surface area contributed by atoms with Gasteiger partial charge in [0.1, 0.15) is 0 Å². The lowest BCUT2D eigenvalue weighted by molar-refractivity contribution is -0.00244. The van der Waals surface area contributed by atoms with Gasteiger partial charge in [0.25, 0.3) is 0 Å². The summed E-state index contributed by atoms with van der Waals surface area (Å²) in [6.45, 7) is 7.20. The van der Waals surface area contributed by atoms with E-state index >= 15 is 0 Å². The lowest BCUT2D eigenvalue weighted by Crippen LogP contribution is -2.19. The highest BCUT2D eigenvalue weighted by Crippen LogP contribution is 1.90. The summed E-state index contributed by atoms with van der Waals surface area (Å²) in [4.78, 5) is 5.11. The maximum atomic E-state index is 5.11. The van der Waals surface area contributed by atoms with E-state index in [0.29, 0.717) is 13.2 Å². The van der Waals surface area contributed by atoms with Crippen LogP contribution in [0.4, 0.5) is 0 Å². The van der Waals surface area contributed by atoms with E-state index in [2.05, 4.69) is 12.4 Å². The Morgan fingerprint density at radius 2 is 1.92 bits per heavy atom. The average Bonchev–Trinajstić information content (AvgIpc) is 2.10. The lowest BCUT2D eigenvalue weighted by Gasteiger charge is -2.04. The highest BCUT2D eigenvalue weighted by atomic mass is 16.7. The van der Waals surface area contributed by atoms with Crippen LogP contribution >= 0.6 is 0 Å². The third-order valence-electron chi connectivity index (χ3n) is 1.52. The van der Waals surface area contributed by atoms with Crippen LogP contribution in [0.15, 0.2) is 0 Å². The van der Waals surface area contributed by atoms with Crippen molar-refractivity contribution in [2.24, 2.45) is 0 Å². The molecule has 0 unspecified atom stereocenters. The maximum Gasteiger partial charge on any atom is 0.0916 e. The van der Waals surface area contributed by atoms with Gasteiger partial charge in [-0.1, -0.05) is 19.8 Å². The molecule has 0 amide bonds. The molecule has 0 fully saturated rings. The fourth-order valence-electron chi connectivity index (χ4n) is 0.836. The van der Waals surface area contributed by atoms with Crippen LogP contribution in [0, 0.1) is 0 Å². The van der Waals surface area contributed by atoms with Crippen molar-refractivity contribution in [1.82, 2.24) is 5.48 Å². The SMILES string of the molecule is CCCCCNOCCOCC. The van der Waals surface area contributed by atoms with E-state index < -0.39 is 0 Å². The molecule has 0 saturated carbocycles. The van der Waals surface area contributed by atoms with Crippen molar-refractivity contribution in [2.45, 2.75) is 33.1 Å². The Labute approximate surface area is 75.4 Å². The minimum absolute atomic E-state index is 0.639. The minimum atomic E-state index is 0.639. The molecule has 74 valence electrons. The standard InChI is InChI=1S/C9H21NO2/c1-3-5-6-7-10-12-9-8-11-4-2/h10H,3-9H2,1-2H3. The molecule has 0 spiro atoms. The van der Waals surface area contributed by atoms with Crippen LogP contribution in [-0.2, 0) is 9.57 Å². The molecule has 3 heteroatoms. The summed E-state index contributed by atoms with van der Waals surface area (Å²) in [5.41, 5.74) is 2.90. The van der Waals surface area contributed by atoms with E-state index in [-0.39, 0.29) is 0 Å². The number of nitrogens with one attached hydrogen (secondary N) is 1. The van der Waals surface area contributed by atoms with Crippen molar-refractivity contribution in [3.05, 3.63) is 0 Å². The monoisotopic (exact) mass is 175 g/mol. The van der Waals surface area contributed by atoms with E-state index in [1.54, 1.807) is 0 Å². The van der Waals surface area contributed by atoms with E-state index in [1.807, 2.05) is 6.92 Å². The van der Waals surface area contributed by atoms with Gasteiger partial charge in [0.15, 0.2) is 0 Å². The summed E-state index contributed by atoms with van der Waals surface area (Å²) in [5.74, 6) is 0. The molecule has 0 aromatic rings. The van der Waals surface area contributed by atoms with Crippen LogP contribution in [0.3, 0.4) is 0 Å². The summed E-state index contributed by atoms with van der Waals surface area (Å²) in [5, 5.41) is 0. The predicted octanol–water partition coefficient (Wildman–Crippen LogP) is 1.73. The smallest absolute Gasteiger partial charge is 0.0916 e. The molecule has 0 aliphatic rings. The first kappa shape index (κ1) is 11.9. The van der Waals surface area contributed by atoms with Gasteiger partial charge < -0.3 is 4.74 Å². The Balaban J connectivity index is 2.73. The summed E-state index contributed by atoms with van der Waals surface area (Å²) in [6, 6.07) is 0. The van der Waals surface area contributed by atoms with Gasteiger partial charge in [-0.2, -0.15) is 0 Å². The van der Waals surface area contributed by atoms with Gasteiger partial charge in [-0.25, -0.2) is 5.48 Å². The van der Waals surface area contributed by atoms with Crippen LogP contribution in [0.5, 0.6) is 0 Å². The highest BCUT2D eigenvalue weighted by Gasteiger charge is 1.87. The molecule has 0 aromatic carbocycles. The van der Waals surface area contributed by atoms with Crippen molar-refractivity contribution >= 4 is 0 Å². The Hall–Kier alpha value is -0.120. The normalized spacial score (nSPS) is 10.5. The zero-order valence-corrected chi connectivity index (χ0v) is 8.27. The summed E-state index contributed by atoms with van der Waals surface area (Å²) >= 11 is 0. The number of hydrogen-bond acceptors (Lipinski definition) is 3. The van der Waals surface area contributed by atoms with Crippen molar-refractivity contribution in [1.29, 1.82) is 0 Å². The summed E-state index contributed by atoms with van der Waals surface area (Å²) in [6.07, 6.45) is 3.70. The fraction of sp³-hybridized carbons (Fsp3) is 1.00. The Bertz CT molecular complexity index is 68.9. The molecule has 12 heavy (non-hydrogen) atoms. The van der Waals surface area contributed by atoms with Crippen LogP contribution < -0.4 is 5.48 Å². The topological polar surface area (TPSA) is 30.5 Å². The van der Waals surface area contributed by atoms with E-state index in [4.69, 9.17) is 9.57 Å². The fourth-order valence-corrected chi connectivity index (χ4v) is 0.836. The van der Waals surface area contributed by atoms with Crippen molar-refractivity contribution in [3.63, 3.8) is 0 Å². The molecule has 0 aromatic heterocycles. The second kappa shape index (κ2) is 10.9. The number of unbranched alkanes of at least 4 members (excludes halogenated alkanes) is 2. The molecular weight excluding hydrogens is 154 g/mol. The quantitative estimate of drug-likeness (QED) is 0.427. The molecule has 0 aliphatic heterocycles. The van der Waals surface area contributed by atoms with Crippen LogP contribution in [0.25, 0.3) is 0 Å². The zero-order valence-electron chi connectivity index (χ0n) is 8.27. The maximum absolute atomic E-state index is 5.11. The van der Waals surface area contributed by atoms with Crippen molar-refractivity contribution in [2.75, 3.05) is 26.4 Å². The number of hydrogen-bond donors (Lipinski definition) is 1. The van der Waals surface area contributed by atoms with Gasteiger partial charge in [0, 0.05) is 13.2 Å². The van der Waals surface area contributed by atoms with Gasteiger partial charge >= 0.3 is 0 Å². The van der Waals surface area contributed by atoms with Gasteiger partial charge in [0.05, 0.1) is 13.2 Å². The second-order valence-electron chi connectivity index (χ2n) is 2.65. The summed E-state index contributed by atoms with van der Waals surface area (Å²) < 4.78 is 5.10. The van der Waals surface area contributed by atoms with E-state index in [9.17, 15) is 0 Å². The molecular formula is C9H21NO2. The van der Waals surface area contributed by atoms with Gasteiger partial charge in [0.2, 0.25) is 0 Å². The first-order valence-corrected chi connectivity index (χ1v) is 4.84. The minimum Gasteiger partial charge on any atom is -0.379 e. The molecule has 0 aliphatic carbocycles. The number of ether oxygens (including phenoxy) is 1.